The quantitative estimate of drug-likeness (QED) is 0.682. The summed E-state index contributed by atoms with van der Waals surface area (Å²) in [4.78, 5) is 20.4. The van der Waals surface area contributed by atoms with Gasteiger partial charge in [-0.1, -0.05) is 12.1 Å². The Morgan fingerprint density at radius 2 is 1.96 bits per heavy atom. The second kappa shape index (κ2) is 8.07. The number of aromatic nitrogens is 2. The number of hydrogen-bond donors (Lipinski definition) is 3. The van der Waals surface area contributed by atoms with Crippen LogP contribution in [0.25, 0.3) is 0 Å². The molecule has 0 fully saturated rings. The molecule has 122 valence electrons. The lowest BCUT2D eigenvalue weighted by Crippen LogP contribution is -2.29. The third-order valence-electron chi connectivity index (χ3n) is 3.02. The predicted octanol–water partition coefficient (Wildman–Crippen LogP) is 2.20. The van der Waals surface area contributed by atoms with E-state index in [1.807, 2.05) is 19.9 Å². The molecule has 0 bridgehead atoms. The number of halogens is 1. The molecule has 1 aromatic carbocycles. The largest absolute Gasteiger partial charge is 0.370 e. The number of benzene rings is 1. The van der Waals surface area contributed by atoms with E-state index in [0.29, 0.717) is 19.0 Å². The molecule has 23 heavy (non-hydrogen) atoms. The first-order chi connectivity index (χ1) is 11.1. The van der Waals surface area contributed by atoms with Gasteiger partial charge in [0.1, 0.15) is 11.6 Å². The molecule has 0 radical (unpaired) electrons. The van der Waals surface area contributed by atoms with E-state index in [0.717, 1.165) is 18.1 Å². The first-order valence-electron chi connectivity index (χ1n) is 7.46. The number of aryl methyl sites for hydroxylation is 1. The molecule has 2 rings (SSSR count). The van der Waals surface area contributed by atoms with E-state index >= 15 is 0 Å². The number of anilines is 2. The van der Waals surface area contributed by atoms with Crippen LogP contribution in [0.15, 0.2) is 30.3 Å². The topological polar surface area (TPSA) is 78.9 Å². The van der Waals surface area contributed by atoms with Crippen LogP contribution in [-0.2, 0) is 0 Å². The highest BCUT2D eigenvalue weighted by molar-refractivity contribution is 5.94. The Kier molecular flexibility index (Phi) is 5.85. The highest BCUT2D eigenvalue weighted by atomic mass is 19.1. The zero-order valence-electron chi connectivity index (χ0n) is 13.2. The Balaban J connectivity index is 1.84. The zero-order chi connectivity index (χ0) is 16.7. The lowest BCUT2D eigenvalue weighted by molar-refractivity contribution is 0.0951. The number of nitrogens with one attached hydrogen (secondary N) is 3. The fraction of sp³-hybridized carbons (Fsp3) is 0.312. The summed E-state index contributed by atoms with van der Waals surface area (Å²) >= 11 is 0. The molecule has 0 aliphatic heterocycles. The lowest BCUT2D eigenvalue weighted by atomic mass is 10.2. The standard InChI is InChI=1S/C16H20FN5O/c1-3-18-14-10-11(2)21-16(22-14)20-9-8-19-15(23)12-6-4-5-7-13(12)17/h4-7,10H,3,8-9H2,1-2H3,(H,19,23)(H2,18,20,21,22). The van der Waals surface area contributed by atoms with Crippen molar-refractivity contribution in [2.75, 3.05) is 30.3 Å². The molecule has 0 unspecified atom stereocenters. The molecule has 7 heteroatoms. The van der Waals surface area contributed by atoms with Crippen LogP contribution in [0.5, 0.6) is 0 Å². The highest BCUT2D eigenvalue weighted by Gasteiger charge is 2.09. The summed E-state index contributed by atoms with van der Waals surface area (Å²) in [5, 5.41) is 8.81. The third-order valence-corrected chi connectivity index (χ3v) is 3.02. The van der Waals surface area contributed by atoms with Crippen molar-refractivity contribution in [3.8, 4) is 0 Å². The summed E-state index contributed by atoms with van der Waals surface area (Å²) in [6.45, 7) is 5.42. The van der Waals surface area contributed by atoms with Crippen molar-refractivity contribution >= 4 is 17.7 Å². The summed E-state index contributed by atoms with van der Waals surface area (Å²) in [7, 11) is 0. The van der Waals surface area contributed by atoms with Crippen LogP contribution < -0.4 is 16.0 Å². The van der Waals surface area contributed by atoms with Gasteiger partial charge in [0.2, 0.25) is 5.95 Å². The molecule has 1 aromatic heterocycles. The minimum Gasteiger partial charge on any atom is -0.370 e. The van der Waals surface area contributed by atoms with E-state index < -0.39 is 11.7 Å². The van der Waals surface area contributed by atoms with Crippen molar-refractivity contribution in [2.24, 2.45) is 0 Å². The summed E-state index contributed by atoms with van der Waals surface area (Å²) < 4.78 is 13.5. The Morgan fingerprint density at radius 1 is 1.17 bits per heavy atom. The van der Waals surface area contributed by atoms with Gasteiger partial charge in [0.25, 0.3) is 5.91 Å². The second-order valence-corrected chi connectivity index (χ2v) is 4.91. The van der Waals surface area contributed by atoms with Gasteiger partial charge in [-0.15, -0.1) is 0 Å². The molecule has 2 aromatic rings. The fourth-order valence-corrected chi connectivity index (χ4v) is 2.01. The maximum absolute atomic E-state index is 13.5. The van der Waals surface area contributed by atoms with Crippen LogP contribution in [0.3, 0.4) is 0 Å². The maximum Gasteiger partial charge on any atom is 0.254 e. The van der Waals surface area contributed by atoms with E-state index in [1.54, 1.807) is 12.1 Å². The summed E-state index contributed by atoms with van der Waals surface area (Å²) in [5.74, 6) is 0.262. The van der Waals surface area contributed by atoms with E-state index in [2.05, 4.69) is 25.9 Å². The molecule has 0 saturated heterocycles. The van der Waals surface area contributed by atoms with Crippen LogP contribution in [-0.4, -0.2) is 35.5 Å². The van der Waals surface area contributed by atoms with Crippen LogP contribution in [0.2, 0.25) is 0 Å². The van der Waals surface area contributed by atoms with E-state index in [9.17, 15) is 9.18 Å². The van der Waals surface area contributed by atoms with Crippen molar-refractivity contribution in [2.45, 2.75) is 13.8 Å². The van der Waals surface area contributed by atoms with Gasteiger partial charge in [-0.2, -0.15) is 4.98 Å². The average Bonchev–Trinajstić information content (AvgIpc) is 2.51. The Morgan fingerprint density at radius 3 is 2.70 bits per heavy atom. The van der Waals surface area contributed by atoms with Gasteiger partial charge in [-0.25, -0.2) is 9.37 Å². The van der Waals surface area contributed by atoms with Crippen molar-refractivity contribution < 1.29 is 9.18 Å². The van der Waals surface area contributed by atoms with Gasteiger partial charge < -0.3 is 16.0 Å². The molecule has 0 aliphatic rings. The minimum atomic E-state index is -0.532. The fourth-order valence-electron chi connectivity index (χ4n) is 2.01. The van der Waals surface area contributed by atoms with Gasteiger partial charge in [0, 0.05) is 31.4 Å². The third kappa shape index (κ3) is 4.91. The van der Waals surface area contributed by atoms with Crippen molar-refractivity contribution in [1.29, 1.82) is 0 Å². The van der Waals surface area contributed by atoms with Crippen molar-refractivity contribution in [1.82, 2.24) is 15.3 Å². The molecule has 1 amide bonds. The number of amides is 1. The Hall–Kier alpha value is -2.70. The summed E-state index contributed by atoms with van der Waals surface area (Å²) in [6, 6.07) is 7.73. The number of rotatable bonds is 7. The van der Waals surface area contributed by atoms with Crippen LogP contribution in [0.4, 0.5) is 16.2 Å². The van der Waals surface area contributed by atoms with Crippen LogP contribution >= 0.6 is 0 Å². The number of hydrogen-bond acceptors (Lipinski definition) is 5. The number of carbonyl (C=O) groups is 1. The van der Waals surface area contributed by atoms with E-state index in [-0.39, 0.29) is 5.56 Å². The minimum absolute atomic E-state index is 0.0359. The second-order valence-electron chi connectivity index (χ2n) is 4.91. The van der Waals surface area contributed by atoms with Crippen molar-refractivity contribution in [3.63, 3.8) is 0 Å². The number of nitrogens with zero attached hydrogens (tertiary/aromatic N) is 2. The van der Waals surface area contributed by atoms with Gasteiger partial charge in [0.05, 0.1) is 5.56 Å². The molecule has 0 atom stereocenters. The summed E-state index contributed by atoms with van der Waals surface area (Å²) in [6.07, 6.45) is 0. The number of carbonyl (C=O) groups excluding carboxylic acids is 1. The average molecular weight is 317 g/mol. The predicted molar refractivity (Wildman–Crippen MR) is 88.2 cm³/mol. The highest BCUT2D eigenvalue weighted by Crippen LogP contribution is 2.09. The Bertz CT molecular complexity index is 677. The normalized spacial score (nSPS) is 10.2. The molecular formula is C16H20FN5O. The molecule has 0 spiro atoms. The lowest BCUT2D eigenvalue weighted by Gasteiger charge is -2.10. The van der Waals surface area contributed by atoms with E-state index in [1.165, 1.54) is 12.1 Å². The Labute approximate surface area is 134 Å². The van der Waals surface area contributed by atoms with Crippen LogP contribution in [0.1, 0.15) is 23.0 Å². The van der Waals surface area contributed by atoms with Gasteiger partial charge in [-0.3, -0.25) is 4.79 Å². The summed E-state index contributed by atoms with van der Waals surface area (Å²) in [5.41, 5.74) is 0.877. The monoisotopic (exact) mass is 317 g/mol. The molecule has 1 heterocycles. The zero-order valence-corrected chi connectivity index (χ0v) is 13.2. The first-order valence-corrected chi connectivity index (χ1v) is 7.46. The molecule has 6 nitrogen and oxygen atoms in total. The smallest absolute Gasteiger partial charge is 0.254 e. The SMILES string of the molecule is CCNc1cc(C)nc(NCCNC(=O)c2ccccc2F)n1. The molecule has 0 saturated carbocycles. The van der Waals surface area contributed by atoms with Crippen LogP contribution in [0, 0.1) is 12.7 Å². The van der Waals surface area contributed by atoms with E-state index in [4.69, 9.17) is 0 Å². The molecule has 3 N–H and O–H groups in total. The maximum atomic E-state index is 13.5. The molecular weight excluding hydrogens is 297 g/mol. The van der Waals surface area contributed by atoms with Gasteiger partial charge >= 0.3 is 0 Å². The van der Waals surface area contributed by atoms with Gasteiger partial charge in [-0.05, 0) is 26.0 Å². The first kappa shape index (κ1) is 16.7. The molecule has 0 aliphatic carbocycles. The van der Waals surface area contributed by atoms with Gasteiger partial charge in [0.15, 0.2) is 0 Å². The van der Waals surface area contributed by atoms with Crippen molar-refractivity contribution in [3.05, 3.63) is 47.4 Å².